The molecule has 4 nitrogen and oxygen atoms in total. The maximum Gasteiger partial charge on any atom is 0.407 e. The first-order valence-electron chi connectivity index (χ1n) is 12.9. The standard InChI is InChI=1S/C27H40N2O2.2H2/c1-2-31-26(30)28-25-18-27(24-9-4-3-8-23(24)25)12-14-29(15-13-27)19-22-11-10-20-6-5-7-21(16-20)17-22;;/h3-4,8-9,20-22,25H,2,5-7,10-19H2,1H3,(H,28,30);2*1H/t20-,21+,22+,25+;;/m1../s1. The molecule has 0 aromatic heterocycles. The van der Waals surface area contributed by atoms with E-state index in [2.05, 4.69) is 34.5 Å². The van der Waals surface area contributed by atoms with Crippen LogP contribution in [0.15, 0.2) is 24.3 Å². The second-order valence-corrected chi connectivity index (χ2v) is 10.9. The van der Waals surface area contributed by atoms with Crippen LogP contribution in [0.2, 0.25) is 0 Å². The zero-order valence-corrected chi connectivity index (χ0v) is 19.3. The van der Waals surface area contributed by atoms with Gasteiger partial charge in [0.2, 0.25) is 0 Å². The van der Waals surface area contributed by atoms with Crippen LogP contribution in [-0.4, -0.2) is 37.2 Å². The Morgan fingerprint density at radius 3 is 2.77 bits per heavy atom. The van der Waals surface area contributed by atoms with Crippen molar-refractivity contribution in [3.05, 3.63) is 35.4 Å². The lowest BCUT2D eigenvalue weighted by molar-refractivity contribution is 0.122. The first-order chi connectivity index (χ1) is 15.1. The first-order valence-corrected chi connectivity index (χ1v) is 12.9. The predicted octanol–water partition coefficient (Wildman–Crippen LogP) is 6.31. The zero-order chi connectivity index (χ0) is 21.3. The van der Waals surface area contributed by atoms with E-state index in [1.807, 2.05) is 6.92 Å². The highest BCUT2D eigenvalue weighted by Crippen LogP contribution is 2.51. The van der Waals surface area contributed by atoms with E-state index in [1.165, 1.54) is 88.5 Å². The summed E-state index contributed by atoms with van der Waals surface area (Å²) in [7, 11) is 0. The van der Waals surface area contributed by atoms with Gasteiger partial charge in [0.1, 0.15) is 0 Å². The van der Waals surface area contributed by atoms with E-state index in [-0.39, 0.29) is 20.4 Å². The minimum atomic E-state index is -0.282. The Hall–Kier alpha value is -1.55. The van der Waals surface area contributed by atoms with E-state index in [0.717, 1.165) is 24.2 Å². The van der Waals surface area contributed by atoms with Gasteiger partial charge in [0.25, 0.3) is 0 Å². The highest BCUT2D eigenvalue weighted by molar-refractivity contribution is 5.68. The van der Waals surface area contributed by atoms with Crippen molar-refractivity contribution >= 4 is 6.09 Å². The number of carbonyl (C=O) groups is 1. The summed E-state index contributed by atoms with van der Waals surface area (Å²) in [5.41, 5.74) is 3.00. The van der Waals surface area contributed by atoms with E-state index in [4.69, 9.17) is 4.74 Å². The summed E-state index contributed by atoms with van der Waals surface area (Å²) in [5.74, 6) is 2.96. The zero-order valence-electron chi connectivity index (χ0n) is 19.3. The number of alkyl carbamates (subject to hydrolysis) is 1. The minimum absolute atomic E-state index is 0. The van der Waals surface area contributed by atoms with Crippen molar-refractivity contribution in [2.45, 2.75) is 82.6 Å². The number of nitrogens with zero attached hydrogens (tertiary/aromatic N) is 1. The molecular formula is C27H44N2O2. The van der Waals surface area contributed by atoms with Crippen LogP contribution in [0.4, 0.5) is 4.79 Å². The van der Waals surface area contributed by atoms with Crippen LogP contribution >= 0.6 is 0 Å². The number of piperidine rings is 1. The van der Waals surface area contributed by atoms with Crippen LogP contribution in [0.1, 0.15) is 91.2 Å². The number of hydrogen-bond acceptors (Lipinski definition) is 3. The highest BCUT2D eigenvalue weighted by atomic mass is 16.5. The summed E-state index contributed by atoms with van der Waals surface area (Å²) in [6.45, 7) is 5.99. The highest BCUT2D eigenvalue weighted by Gasteiger charge is 2.46. The molecule has 1 aromatic carbocycles. The molecule has 3 aliphatic carbocycles. The average molecular weight is 429 g/mol. The fourth-order valence-electron chi connectivity index (χ4n) is 7.45. The lowest BCUT2D eigenvalue weighted by Crippen LogP contribution is -2.44. The van der Waals surface area contributed by atoms with Gasteiger partial charge < -0.3 is 15.0 Å². The van der Waals surface area contributed by atoms with Crippen LogP contribution in [0.5, 0.6) is 0 Å². The summed E-state index contributed by atoms with van der Waals surface area (Å²) < 4.78 is 5.18. The topological polar surface area (TPSA) is 41.6 Å². The van der Waals surface area contributed by atoms with Crippen molar-refractivity contribution in [1.29, 1.82) is 0 Å². The molecular weight excluding hydrogens is 384 g/mol. The van der Waals surface area contributed by atoms with E-state index in [0.29, 0.717) is 6.61 Å². The molecule has 1 aromatic rings. The molecule has 4 aliphatic rings. The van der Waals surface area contributed by atoms with Crippen LogP contribution in [-0.2, 0) is 10.2 Å². The summed E-state index contributed by atoms with van der Waals surface area (Å²) in [4.78, 5) is 14.9. The van der Waals surface area contributed by atoms with E-state index >= 15 is 0 Å². The molecule has 3 fully saturated rings. The maximum absolute atomic E-state index is 12.1. The Balaban J connectivity index is 0.00000153. The lowest BCUT2D eigenvalue weighted by Gasteiger charge is -2.41. The quantitative estimate of drug-likeness (QED) is 0.611. The Morgan fingerprint density at radius 2 is 1.94 bits per heavy atom. The molecule has 2 bridgehead atoms. The minimum Gasteiger partial charge on any atom is -0.450 e. The number of amides is 1. The molecule has 2 saturated carbocycles. The number of likely N-dealkylation sites (tertiary alicyclic amines) is 1. The van der Waals surface area contributed by atoms with Gasteiger partial charge in [-0.1, -0.05) is 49.9 Å². The Morgan fingerprint density at radius 1 is 1.13 bits per heavy atom. The number of benzene rings is 1. The molecule has 0 unspecified atom stereocenters. The third-order valence-corrected chi connectivity index (χ3v) is 8.94. The molecule has 4 heteroatoms. The monoisotopic (exact) mass is 428 g/mol. The van der Waals surface area contributed by atoms with Crippen LogP contribution in [0, 0.1) is 17.8 Å². The summed E-state index contributed by atoms with van der Waals surface area (Å²) in [6, 6.07) is 8.88. The van der Waals surface area contributed by atoms with Gasteiger partial charge in [0.15, 0.2) is 0 Å². The second kappa shape index (κ2) is 9.13. The fraction of sp³-hybridized carbons (Fsp3) is 0.741. The summed E-state index contributed by atoms with van der Waals surface area (Å²) in [5, 5.41) is 3.14. The Kier molecular flexibility index (Phi) is 6.28. The van der Waals surface area contributed by atoms with Crippen LogP contribution in [0.25, 0.3) is 0 Å². The summed E-state index contributed by atoms with van der Waals surface area (Å²) >= 11 is 0. The Bertz CT molecular complexity index is 781. The molecule has 174 valence electrons. The van der Waals surface area contributed by atoms with Crippen molar-refractivity contribution in [2.24, 2.45) is 17.8 Å². The molecule has 1 N–H and O–H groups in total. The number of fused-ring (bicyclic) bond motifs is 4. The van der Waals surface area contributed by atoms with Gasteiger partial charge in [0.05, 0.1) is 12.6 Å². The van der Waals surface area contributed by atoms with Gasteiger partial charge in [-0.15, -0.1) is 0 Å². The summed E-state index contributed by atoms with van der Waals surface area (Å²) in [6.07, 6.45) is 13.6. The SMILES string of the molecule is CCOC(=O)N[C@H]1CC2(CCN(C[C@H]3CC[C@H]4CCC[C@@H](C4)C3)CC2)c2ccccc21.[HH].[HH]. The van der Waals surface area contributed by atoms with Gasteiger partial charge >= 0.3 is 6.09 Å². The smallest absolute Gasteiger partial charge is 0.407 e. The van der Waals surface area contributed by atoms with Crippen molar-refractivity contribution in [2.75, 3.05) is 26.2 Å². The molecule has 5 rings (SSSR count). The average Bonchev–Trinajstić information content (AvgIpc) is 2.99. The third-order valence-electron chi connectivity index (χ3n) is 8.94. The molecule has 1 spiro atoms. The fourth-order valence-corrected chi connectivity index (χ4v) is 7.45. The lowest BCUT2D eigenvalue weighted by atomic mass is 9.73. The molecule has 1 amide bonds. The van der Waals surface area contributed by atoms with Crippen molar-refractivity contribution in [3.63, 3.8) is 0 Å². The van der Waals surface area contributed by atoms with Crippen molar-refractivity contribution in [1.82, 2.24) is 10.2 Å². The van der Waals surface area contributed by atoms with Crippen LogP contribution in [0.3, 0.4) is 0 Å². The van der Waals surface area contributed by atoms with Gasteiger partial charge in [-0.3, -0.25) is 0 Å². The van der Waals surface area contributed by atoms with Crippen molar-refractivity contribution < 1.29 is 12.4 Å². The van der Waals surface area contributed by atoms with Gasteiger partial charge in [-0.2, -0.15) is 0 Å². The molecule has 4 atom stereocenters. The first kappa shape index (κ1) is 21.3. The normalized spacial score (nSPS) is 32.3. The van der Waals surface area contributed by atoms with E-state index < -0.39 is 0 Å². The molecule has 0 radical (unpaired) electrons. The maximum atomic E-state index is 12.1. The Labute approximate surface area is 191 Å². The van der Waals surface area contributed by atoms with Crippen molar-refractivity contribution in [3.8, 4) is 0 Å². The predicted molar refractivity (Wildman–Crippen MR) is 128 cm³/mol. The number of rotatable bonds is 4. The van der Waals surface area contributed by atoms with Gasteiger partial charge in [-0.25, -0.2) is 4.79 Å². The molecule has 1 aliphatic heterocycles. The molecule has 31 heavy (non-hydrogen) atoms. The molecule has 1 saturated heterocycles. The number of ether oxygens (including phenoxy) is 1. The number of hydrogen-bond donors (Lipinski definition) is 1. The van der Waals surface area contributed by atoms with Gasteiger partial charge in [-0.05, 0) is 87.4 Å². The van der Waals surface area contributed by atoms with Crippen LogP contribution < -0.4 is 5.32 Å². The number of carbonyl (C=O) groups excluding carboxylic acids is 1. The second-order valence-electron chi connectivity index (χ2n) is 10.9. The van der Waals surface area contributed by atoms with Gasteiger partial charge in [0, 0.05) is 14.8 Å². The van der Waals surface area contributed by atoms with E-state index in [1.54, 1.807) is 0 Å². The number of nitrogens with one attached hydrogen (secondary N) is 1. The van der Waals surface area contributed by atoms with E-state index in [9.17, 15) is 4.79 Å². The molecule has 1 heterocycles. The largest absolute Gasteiger partial charge is 0.450 e. The third kappa shape index (κ3) is 4.51.